The van der Waals surface area contributed by atoms with Crippen molar-refractivity contribution in [3.63, 3.8) is 0 Å². The van der Waals surface area contributed by atoms with Gasteiger partial charge in [-0.15, -0.1) is 35.3 Å². The van der Waals surface area contributed by atoms with E-state index in [0.29, 0.717) is 24.1 Å². The van der Waals surface area contributed by atoms with Crippen LogP contribution in [0.3, 0.4) is 0 Å². The largest absolute Gasteiger partial charge is 0.356 e. The molecule has 1 heterocycles. The van der Waals surface area contributed by atoms with Crippen LogP contribution in [0.4, 0.5) is 0 Å². The number of aromatic nitrogens is 1. The van der Waals surface area contributed by atoms with Crippen LogP contribution in [-0.2, 0) is 16.4 Å². The summed E-state index contributed by atoms with van der Waals surface area (Å²) in [4.78, 5) is 9.75. The van der Waals surface area contributed by atoms with Crippen LogP contribution in [0, 0.1) is 6.92 Å². The van der Waals surface area contributed by atoms with Crippen LogP contribution in [0.1, 0.15) is 9.88 Å². The van der Waals surface area contributed by atoms with E-state index in [4.69, 9.17) is 11.6 Å². The number of thiazole rings is 1. The molecule has 2 rings (SSSR count). The molecule has 0 fully saturated rings. The van der Waals surface area contributed by atoms with Crippen molar-refractivity contribution in [2.75, 3.05) is 26.7 Å². The van der Waals surface area contributed by atoms with Crippen LogP contribution >= 0.6 is 46.9 Å². The highest BCUT2D eigenvalue weighted by Gasteiger charge is 2.13. The Kier molecular flexibility index (Phi) is 10.5. The second-order valence-electron chi connectivity index (χ2n) is 5.40. The van der Waals surface area contributed by atoms with E-state index < -0.39 is 10.0 Å². The van der Waals surface area contributed by atoms with Crippen molar-refractivity contribution in [1.82, 2.24) is 20.3 Å². The van der Waals surface area contributed by atoms with Gasteiger partial charge in [0.1, 0.15) is 0 Å². The van der Waals surface area contributed by atoms with Gasteiger partial charge in [0.15, 0.2) is 5.96 Å². The summed E-state index contributed by atoms with van der Waals surface area (Å²) < 4.78 is 26.9. The quantitative estimate of drug-likeness (QED) is 0.206. The van der Waals surface area contributed by atoms with E-state index >= 15 is 0 Å². The van der Waals surface area contributed by atoms with Gasteiger partial charge in [0.25, 0.3) is 0 Å². The molecule has 0 spiro atoms. The number of aryl methyl sites for hydroxylation is 1. The number of hydrogen-bond donors (Lipinski definition) is 3. The molecule has 0 aliphatic carbocycles. The lowest BCUT2D eigenvalue weighted by molar-refractivity contribution is 0.580. The van der Waals surface area contributed by atoms with Gasteiger partial charge in [0.2, 0.25) is 10.0 Å². The molecule has 1 aromatic heterocycles. The molecule has 27 heavy (non-hydrogen) atoms. The zero-order chi connectivity index (χ0) is 19.0. The van der Waals surface area contributed by atoms with E-state index in [1.165, 1.54) is 17.0 Å². The number of hydrogen-bond acceptors (Lipinski definition) is 5. The average molecular weight is 544 g/mol. The highest BCUT2D eigenvalue weighted by Crippen LogP contribution is 2.14. The first-order valence-electron chi connectivity index (χ1n) is 8.02. The molecule has 0 unspecified atom stereocenters. The smallest absolute Gasteiger partial charge is 0.240 e. The Labute approximate surface area is 186 Å². The monoisotopic (exact) mass is 543 g/mol. The third kappa shape index (κ3) is 8.30. The summed E-state index contributed by atoms with van der Waals surface area (Å²) in [6.07, 6.45) is 2.67. The van der Waals surface area contributed by atoms with Crippen molar-refractivity contribution in [3.8, 4) is 0 Å². The molecule has 3 N–H and O–H groups in total. The molecule has 0 amide bonds. The molecule has 0 aliphatic rings. The van der Waals surface area contributed by atoms with Gasteiger partial charge in [-0.3, -0.25) is 4.99 Å². The maximum atomic E-state index is 12.2. The number of aliphatic imine (C=N–C) groups is 1. The Morgan fingerprint density at radius 1 is 1.26 bits per heavy atom. The zero-order valence-electron chi connectivity index (χ0n) is 15.0. The number of rotatable bonds is 8. The Morgan fingerprint density at radius 2 is 2.00 bits per heavy atom. The summed E-state index contributed by atoms with van der Waals surface area (Å²) >= 11 is 7.51. The Hall–Kier alpha value is -0.950. The predicted octanol–water partition coefficient (Wildman–Crippen LogP) is 2.41. The third-order valence-electron chi connectivity index (χ3n) is 3.34. The number of benzene rings is 1. The van der Waals surface area contributed by atoms with Crippen molar-refractivity contribution in [3.05, 3.63) is 45.4 Å². The van der Waals surface area contributed by atoms with Crippen LogP contribution in [-0.4, -0.2) is 46.0 Å². The van der Waals surface area contributed by atoms with Gasteiger partial charge in [0.05, 0.1) is 9.90 Å². The normalized spacial score (nSPS) is 11.7. The van der Waals surface area contributed by atoms with E-state index in [-0.39, 0.29) is 35.4 Å². The average Bonchev–Trinajstić information content (AvgIpc) is 3.02. The predicted molar refractivity (Wildman–Crippen MR) is 122 cm³/mol. The minimum absolute atomic E-state index is 0. The van der Waals surface area contributed by atoms with Crippen molar-refractivity contribution >= 4 is 62.9 Å². The second kappa shape index (κ2) is 11.8. The maximum Gasteiger partial charge on any atom is 0.240 e. The van der Waals surface area contributed by atoms with Crippen molar-refractivity contribution in [2.24, 2.45) is 4.99 Å². The van der Waals surface area contributed by atoms with Gasteiger partial charge in [-0.2, -0.15) is 0 Å². The van der Waals surface area contributed by atoms with Gasteiger partial charge in [-0.25, -0.2) is 18.1 Å². The van der Waals surface area contributed by atoms with Gasteiger partial charge in [0, 0.05) is 49.2 Å². The molecule has 0 atom stereocenters. The standard InChI is InChI=1S/C16H22ClN5O2S2.HI/c1-12-11-21-15(25-12)6-7-19-16(18-2)20-8-9-22-26(23,24)14-5-3-4-13(17)10-14;/h3-5,10-11,22H,6-9H2,1-2H3,(H2,18,19,20);1H. The Morgan fingerprint density at radius 3 is 2.63 bits per heavy atom. The minimum atomic E-state index is -3.58. The highest BCUT2D eigenvalue weighted by molar-refractivity contribution is 14.0. The molecule has 7 nitrogen and oxygen atoms in total. The lowest BCUT2D eigenvalue weighted by Crippen LogP contribution is -2.42. The summed E-state index contributed by atoms with van der Waals surface area (Å²) in [5.41, 5.74) is 0. The topological polar surface area (TPSA) is 95.5 Å². The number of guanidine groups is 1. The minimum Gasteiger partial charge on any atom is -0.356 e. The fourth-order valence-corrected chi connectivity index (χ4v) is 4.23. The third-order valence-corrected chi connectivity index (χ3v) is 6.01. The first-order valence-corrected chi connectivity index (χ1v) is 10.7. The molecule has 150 valence electrons. The first kappa shape index (κ1) is 24.1. The zero-order valence-corrected chi connectivity index (χ0v) is 19.7. The molecule has 2 aromatic rings. The van der Waals surface area contributed by atoms with Crippen molar-refractivity contribution in [1.29, 1.82) is 0 Å². The fourth-order valence-electron chi connectivity index (χ4n) is 2.11. The highest BCUT2D eigenvalue weighted by atomic mass is 127. The lowest BCUT2D eigenvalue weighted by atomic mass is 10.4. The van der Waals surface area contributed by atoms with Crippen LogP contribution in [0.5, 0.6) is 0 Å². The fraction of sp³-hybridized carbons (Fsp3) is 0.375. The number of nitrogens with zero attached hydrogens (tertiary/aromatic N) is 2. The van der Waals surface area contributed by atoms with Gasteiger partial charge in [-0.1, -0.05) is 17.7 Å². The summed E-state index contributed by atoms with van der Waals surface area (Å²) in [7, 11) is -1.91. The van der Waals surface area contributed by atoms with Crippen LogP contribution in [0.2, 0.25) is 5.02 Å². The SMILES string of the molecule is CN=C(NCCNS(=O)(=O)c1cccc(Cl)c1)NCCc1ncc(C)s1.I. The van der Waals surface area contributed by atoms with Gasteiger partial charge < -0.3 is 10.6 Å². The van der Waals surface area contributed by atoms with Crippen molar-refractivity contribution in [2.45, 2.75) is 18.2 Å². The molecule has 0 saturated carbocycles. The van der Waals surface area contributed by atoms with Crippen LogP contribution in [0.15, 0.2) is 40.4 Å². The molecular weight excluding hydrogens is 521 g/mol. The molecular formula is C16H23ClIN5O2S2. The van der Waals surface area contributed by atoms with Gasteiger partial charge >= 0.3 is 0 Å². The van der Waals surface area contributed by atoms with E-state index in [1.54, 1.807) is 30.5 Å². The second-order valence-corrected chi connectivity index (χ2v) is 8.92. The van der Waals surface area contributed by atoms with Crippen LogP contribution < -0.4 is 15.4 Å². The molecule has 1 aromatic carbocycles. The summed E-state index contributed by atoms with van der Waals surface area (Å²) in [6.45, 7) is 3.34. The van der Waals surface area contributed by atoms with E-state index in [1.807, 2.05) is 13.1 Å². The van der Waals surface area contributed by atoms with E-state index in [0.717, 1.165) is 11.4 Å². The van der Waals surface area contributed by atoms with E-state index in [2.05, 4.69) is 25.3 Å². The molecule has 11 heteroatoms. The molecule has 0 bridgehead atoms. The summed E-state index contributed by atoms with van der Waals surface area (Å²) in [6, 6.07) is 6.15. The van der Waals surface area contributed by atoms with E-state index in [9.17, 15) is 8.42 Å². The van der Waals surface area contributed by atoms with Crippen LogP contribution in [0.25, 0.3) is 0 Å². The van der Waals surface area contributed by atoms with Crippen molar-refractivity contribution < 1.29 is 8.42 Å². The number of sulfonamides is 1. The summed E-state index contributed by atoms with van der Waals surface area (Å²) in [5, 5.41) is 7.69. The van der Waals surface area contributed by atoms with Gasteiger partial charge in [-0.05, 0) is 25.1 Å². The molecule has 0 aliphatic heterocycles. The number of halogens is 2. The molecule has 0 radical (unpaired) electrons. The summed E-state index contributed by atoms with van der Waals surface area (Å²) in [5.74, 6) is 0.611. The first-order chi connectivity index (χ1) is 12.4. The number of nitrogens with one attached hydrogen (secondary N) is 3. The lowest BCUT2D eigenvalue weighted by Gasteiger charge is -2.12. The maximum absolute atomic E-state index is 12.2. The Balaban J connectivity index is 0.00000364. The Bertz CT molecular complexity index is 858. The molecule has 0 saturated heterocycles.